The Bertz CT molecular complexity index is 356. The second-order valence-corrected chi connectivity index (χ2v) is 4.59. The van der Waals surface area contributed by atoms with Crippen molar-refractivity contribution in [3.05, 3.63) is 18.5 Å². The maximum atomic E-state index is 10.1. The van der Waals surface area contributed by atoms with E-state index in [1.807, 2.05) is 13.0 Å². The first-order valence-electron chi connectivity index (χ1n) is 6.21. The summed E-state index contributed by atoms with van der Waals surface area (Å²) in [6, 6.07) is 1.98. The molecule has 1 atom stereocenters. The number of aromatic nitrogens is 1. The Morgan fingerprint density at radius 3 is 2.61 bits per heavy atom. The number of aliphatic hydroxyl groups is 1. The van der Waals surface area contributed by atoms with Gasteiger partial charge in [-0.25, -0.2) is 0 Å². The summed E-state index contributed by atoms with van der Waals surface area (Å²) in [5, 5.41) is 16.5. The van der Waals surface area contributed by atoms with E-state index in [2.05, 4.69) is 15.6 Å². The van der Waals surface area contributed by atoms with Crippen LogP contribution in [0.3, 0.4) is 0 Å². The van der Waals surface area contributed by atoms with Crippen molar-refractivity contribution in [1.82, 2.24) is 4.98 Å². The predicted molar refractivity (Wildman–Crippen MR) is 74.0 cm³/mol. The molecule has 5 heteroatoms. The zero-order chi connectivity index (χ0) is 13.4. The van der Waals surface area contributed by atoms with Crippen molar-refractivity contribution in [3.8, 4) is 0 Å². The van der Waals surface area contributed by atoms with Crippen LogP contribution in [0.4, 0.5) is 11.4 Å². The van der Waals surface area contributed by atoms with Crippen molar-refractivity contribution in [1.29, 1.82) is 0 Å². The van der Waals surface area contributed by atoms with Gasteiger partial charge < -0.3 is 20.5 Å². The van der Waals surface area contributed by atoms with Crippen molar-refractivity contribution < 1.29 is 9.84 Å². The molecule has 0 radical (unpaired) electrons. The minimum atomic E-state index is -0.788. The van der Waals surface area contributed by atoms with Crippen molar-refractivity contribution >= 4 is 11.4 Å². The predicted octanol–water partition coefficient (Wildman–Crippen LogP) is 1.71. The third-order valence-electron chi connectivity index (χ3n) is 2.64. The van der Waals surface area contributed by atoms with Crippen molar-refractivity contribution in [2.75, 3.05) is 37.4 Å². The van der Waals surface area contributed by atoms with E-state index in [4.69, 9.17) is 4.74 Å². The molecular formula is C13H23N3O2. The van der Waals surface area contributed by atoms with Crippen molar-refractivity contribution in [3.63, 3.8) is 0 Å². The third kappa shape index (κ3) is 5.33. The molecule has 0 aromatic carbocycles. The van der Waals surface area contributed by atoms with Crippen LogP contribution in [0.2, 0.25) is 0 Å². The van der Waals surface area contributed by atoms with Crippen LogP contribution in [0.1, 0.15) is 20.3 Å². The number of rotatable bonds is 8. The molecule has 0 aliphatic heterocycles. The van der Waals surface area contributed by atoms with Crippen LogP contribution in [0, 0.1) is 0 Å². The molecule has 1 heterocycles. The van der Waals surface area contributed by atoms with Gasteiger partial charge in [-0.2, -0.15) is 0 Å². The minimum Gasteiger partial charge on any atom is -0.388 e. The molecule has 1 aromatic rings. The highest BCUT2D eigenvalue weighted by atomic mass is 16.5. The van der Waals surface area contributed by atoms with Crippen LogP contribution in [-0.4, -0.2) is 42.5 Å². The number of hydrogen-bond donors (Lipinski definition) is 3. The average molecular weight is 253 g/mol. The van der Waals surface area contributed by atoms with Crippen molar-refractivity contribution in [2.45, 2.75) is 25.9 Å². The molecule has 0 amide bonds. The molecule has 18 heavy (non-hydrogen) atoms. The van der Waals surface area contributed by atoms with Crippen LogP contribution >= 0.6 is 0 Å². The molecule has 102 valence electrons. The summed E-state index contributed by atoms with van der Waals surface area (Å²) in [4.78, 5) is 4.13. The minimum absolute atomic E-state index is 0.466. The maximum absolute atomic E-state index is 10.1. The normalized spacial score (nSPS) is 14.0. The van der Waals surface area contributed by atoms with Gasteiger partial charge in [-0.15, -0.1) is 0 Å². The molecule has 1 aromatic heterocycles. The van der Waals surface area contributed by atoms with E-state index in [9.17, 15) is 5.11 Å². The molecule has 1 unspecified atom stereocenters. The van der Waals surface area contributed by atoms with Gasteiger partial charge in [0.05, 0.1) is 29.4 Å². The second kappa shape index (κ2) is 7.18. The number of anilines is 2. The molecule has 1 rings (SSSR count). The second-order valence-electron chi connectivity index (χ2n) is 4.59. The Morgan fingerprint density at radius 1 is 1.33 bits per heavy atom. The van der Waals surface area contributed by atoms with Crippen molar-refractivity contribution in [2.24, 2.45) is 0 Å². The first kappa shape index (κ1) is 14.7. The standard InChI is InChI=1S/C13H23N3O2/c1-4-15-11-7-12(9-14-8-11)16-10-13(2,17)5-6-18-3/h7-9,15-17H,4-6,10H2,1-3H3. The Hall–Kier alpha value is -1.33. The van der Waals surface area contributed by atoms with Gasteiger partial charge >= 0.3 is 0 Å². The number of hydrogen-bond acceptors (Lipinski definition) is 5. The fourth-order valence-corrected chi connectivity index (χ4v) is 1.54. The molecule has 0 saturated heterocycles. The van der Waals surface area contributed by atoms with Gasteiger partial charge in [0.1, 0.15) is 0 Å². The van der Waals surface area contributed by atoms with Crippen LogP contribution in [0.5, 0.6) is 0 Å². The van der Waals surface area contributed by atoms with E-state index in [0.717, 1.165) is 17.9 Å². The van der Waals surface area contributed by atoms with Gasteiger partial charge in [-0.05, 0) is 19.9 Å². The summed E-state index contributed by atoms with van der Waals surface area (Å²) in [5.41, 5.74) is 1.08. The van der Waals surface area contributed by atoms with Crippen LogP contribution in [0.25, 0.3) is 0 Å². The zero-order valence-electron chi connectivity index (χ0n) is 11.4. The van der Waals surface area contributed by atoms with Gasteiger partial charge in [-0.3, -0.25) is 4.98 Å². The van der Waals surface area contributed by atoms with Gasteiger partial charge in [0.2, 0.25) is 0 Å². The fourth-order valence-electron chi connectivity index (χ4n) is 1.54. The summed E-state index contributed by atoms with van der Waals surface area (Å²) >= 11 is 0. The summed E-state index contributed by atoms with van der Waals surface area (Å²) in [5.74, 6) is 0. The Labute approximate surface area is 109 Å². The average Bonchev–Trinajstić information content (AvgIpc) is 2.35. The highest BCUT2D eigenvalue weighted by Crippen LogP contribution is 2.15. The van der Waals surface area contributed by atoms with E-state index in [0.29, 0.717) is 19.6 Å². The lowest BCUT2D eigenvalue weighted by Crippen LogP contribution is -2.34. The van der Waals surface area contributed by atoms with Gasteiger partial charge in [0.25, 0.3) is 0 Å². The van der Waals surface area contributed by atoms with E-state index in [-0.39, 0.29) is 0 Å². The molecule has 0 bridgehead atoms. The lowest BCUT2D eigenvalue weighted by molar-refractivity contribution is 0.0357. The van der Waals surface area contributed by atoms with Gasteiger partial charge in [0.15, 0.2) is 0 Å². The number of pyridine rings is 1. The number of nitrogens with one attached hydrogen (secondary N) is 2. The maximum Gasteiger partial charge on any atom is 0.0813 e. The lowest BCUT2D eigenvalue weighted by atomic mass is 10.0. The summed E-state index contributed by atoms with van der Waals surface area (Å²) in [7, 11) is 1.63. The van der Waals surface area contributed by atoms with E-state index >= 15 is 0 Å². The lowest BCUT2D eigenvalue weighted by Gasteiger charge is -2.23. The highest BCUT2D eigenvalue weighted by Gasteiger charge is 2.19. The Kier molecular flexibility index (Phi) is 5.88. The Balaban J connectivity index is 2.49. The van der Waals surface area contributed by atoms with E-state index in [1.54, 1.807) is 26.4 Å². The Morgan fingerprint density at radius 2 is 2.00 bits per heavy atom. The highest BCUT2D eigenvalue weighted by molar-refractivity contribution is 5.53. The molecule has 0 aliphatic carbocycles. The topological polar surface area (TPSA) is 66.4 Å². The molecule has 3 N–H and O–H groups in total. The van der Waals surface area contributed by atoms with Gasteiger partial charge in [0, 0.05) is 33.2 Å². The van der Waals surface area contributed by atoms with E-state index < -0.39 is 5.60 Å². The van der Waals surface area contributed by atoms with E-state index in [1.165, 1.54) is 0 Å². The van der Waals surface area contributed by atoms with Crippen LogP contribution in [0.15, 0.2) is 18.5 Å². The SMILES string of the molecule is CCNc1cncc(NCC(C)(O)CCOC)c1. The molecule has 0 saturated carbocycles. The van der Waals surface area contributed by atoms with Crippen LogP contribution in [-0.2, 0) is 4.74 Å². The number of methoxy groups -OCH3 is 1. The molecule has 0 fully saturated rings. The summed E-state index contributed by atoms with van der Waals surface area (Å²) in [6.45, 7) is 5.70. The smallest absolute Gasteiger partial charge is 0.0813 e. The molecule has 0 spiro atoms. The number of ether oxygens (including phenoxy) is 1. The monoisotopic (exact) mass is 253 g/mol. The first-order chi connectivity index (χ1) is 8.57. The van der Waals surface area contributed by atoms with Gasteiger partial charge in [-0.1, -0.05) is 0 Å². The fraction of sp³-hybridized carbons (Fsp3) is 0.615. The number of nitrogens with zero attached hydrogens (tertiary/aromatic N) is 1. The quantitative estimate of drug-likeness (QED) is 0.658. The molecular weight excluding hydrogens is 230 g/mol. The van der Waals surface area contributed by atoms with Crippen LogP contribution < -0.4 is 10.6 Å². The summed E-state index contributed by atoms with van der Waals surface area (Å²) in [6.07, 6.45) is 4.11. The molecule has 0 aliphatic rings. The zero-order valence-corrected chi connectivity index (χ0v) is 11.4. The largest absolute Gasteiger partial charge is 0.388 e. The first-order valence-corrected chi connectivity index (χ1v) is 6.21. The molecule has 5 nitrogen and oxygen atoms in total. The third-order valence-corrected chi connectivity index (χ3v) is 2.64. The summed E-state index contributed by atoms with van der Waals surface area (Å²) < 4.78 is 4.97.